The third-order valence-corrected chi connectivity index (χ3v) is 2.99. The van der Waals surface area contributed by atoms with Crippen LogP contribution in [0.1, 0.15) is 33.6 Å². The Morgan fingerprint density at radius 3 is 2.38 bits per heavy atom. The highest BCUT2D eigenvalue weighted by Crippen LogP contribution is 2.20. The van der Waals surface area contributed by atoms with Crippen LogP contribution < -0.4 is 5.73 Å². The molecule has 4 nitrogen and oxygen atoms in total. The molecule has 0 aromatic heterocycles. The van der Waals surface area contributed by atoms with Crippen LogP contribution in [0.3, 0.4) is 0 Å². The smallest absolute Gasteiger partial charge is 0.382 e. The van der Waals surface area contributed by atoms with Gasteiger partial charge in [-0.2, -0.15) is 13.2 Å². The molecule has 0 aliphatic heterocycles. The van der Waals surface area contributed by atoms with E-state index in [0.717, 1.165) is 4.90 Å². The minimum atomic E-state index is -4.40. The summed E-state index contributed by atoms with van der Waals surface area (Å²) in [6, 6.07) is 0. The number of nitrogens with two attached hydrogens (primary N) is 1. The number of halogens is 3. The first-order valence-electron chi connectivity index (χ1n) is 7.34. The van der Waals surface area contributed by atoms with Crippen molar-refractivity contribution in [1.29, 1.82) is 0 Å². The molecule has 2 N–H and O–H groups in total. The van der Waals surface area contributed by atoms with E-state index in [0.29, 0.717) is 26.1 Å². The van der Waals surface area contributed by atoms with Gasteiger partial charge in [0.15, 0.2) is 0 Å². The van der Waals surface area contributed by atoms with E-state index >= 15 is 0 Å². The molecule has 0 rings (SSSR count). The summed E-state index contributed by atoms with van der Waals surface area (Å²) in [7, 11) is 0. The lowest BCUT2D eigenvalue weighted by molar-refractivity contribution is -0.164. The molecule has 0 aromatic carbocycles. The van der Waals surface area contributed by atoms with Crippen molar-refractivity contribution in [3.63, 3.8) is 0 Å². The first-order chi connectivity index (χ1) is 9.71. The van der Waals surface area contributed by atoms with Crippen LogP contribution in [0.2, 0.25) is 0 Å². The topological polar surface area (TPSA) is 55.6 Å². The fraction of sp³-hybridized carbons (Fsp3) is 0.929. The van der Waals surface area contributed by atoms with Crippen LogP contribution in [0.15, 0.2) is 0 Å². The van der Waals surface area contributed by atoms with Gasteiger partial charge in [0.2, 0.25) is 5.91 Å². The molecule has 7 heteroatoms. The van der Waals surface area contributed by atoms with Crippen LogP contribution in [-0.2, 0) is 9.53 Å². The summed E-state index contributed by atoms with van der Waals surface area (Å²) >= 11 is 0. The van der Waals surface area contributed by atoms with Gasteiger partial charge in [0.25, 0.3) is 0 Å². The Hall–Kier alpha value is -0.820. The number of carbonyl (C=O) groups excluding carboxylic acids is 1. The molecule has 0 bridgehead atoms. The Morgan fingerprint density at radius 2 is 1.95 bits per heavy atom. The van der Waals surface area contributed by atoms with Crippen molar-refractivity contribution < 1.29 is 22.7 Å². The lowest BCUT2D eigenvalue weighted by Gasteiger charge is -2.28. The molecule has 0 saturated heterocycles. The third-order valence-electron chi connectivity index (χ3n) is 2.99. The predicted octanol–water partition coefficient (Wildman–Crippen LogP) is 2.42. The zero-order chi connectivity index (χ0) is 16.5. The molecule has 0 fully saturated rings. The van der Waals surface area contributed by atoms with E-state index < -0.39 is 24.5 Å². The summed E-state index contributed by atoms with van der Waals surface area (Å²) in [5.74, 6) is -0.863. The van der Waals surface area contributed by atoms with Gasteiger partial charge in [-0.25, -0.2) is 0 Å². The summed E-state index contributed by atoms with van der Waals surface area (Å²) < 4.78 is 42.9. The summed E-state index contributed by atoms with van der Waals surface area (Å²) in [5, 5.41) is 0. The number of nitrogens with zero attached hydrogens (tertiary/aromatic N) is 1. The van der Waals surface area contributed by atoms with Gasteiger partial charge >= 0.3 is 6.18 Å². The van der Waals surface area contributed by atoms with E-state index in [1.54, 1.807) is 0 Å². The molecule has 21 heavy (non-hydrogen) atoms. The number of alkyl halides is 3. The van der Waals surface area contributed by atoms with E-state index in [-0.39, 0.29) is 19.0 Å². The summed E-state index contributed by atoms with van der Waals surface area (Å²) in [5.41, 5.74) is 5.55. The van der Waals surface area contributed by atoms with Crippen LogP contribution in [0.25, 0.3) is 0 Å². The van der Waals surface area contributed by atoms with Crippen LogP contribution in [-0.4, -0.2) is 49.8 Å². The minimum absolute atomic E-state index is 0.0347. The molecule has 1 unspecified atom stereocenters. The van der Waals surface area contributed by atoms with Crippen LogP contribution in [0.5, 0.6) is 0 Å². The van der Waals surface area contributed by atoms with E-state index in [1.807, 2.05) is 20.8 Å². The first-order valence-corrected chi connectivity index (χ1v) is 7.34. The van der Waals surface area contributed by atoms with Crippen LogP contribution >= 0.6 is 0 Å². The second-order valence-corrected chi connectivity index (χ2v) is 5.49. The largest absolute Gasteiger partial charge is 0.406 e. The first kappa shape index (κ1) is 20.2. The predicted molar refractivity (Wildman–Crippen MR) is 75.7 cm³/mol. The Balaban J connectivity index is 4.70. The molecule has 1 amide bonds. The summed E-state index contributed by atoms with van der Waals surface area (Å²) in [6.07, 6.45) is -3.53. The Labute approximate surface area is 124 Å². The maximum Gasteiger partial charge on any atom is 0.406 e. The molecule has 0 aliphatic rings. The standard InChI is InChI=1S/C14H27F3N2O2/c1-4-21-7-5-6-19(10-14(15,16)17)13(20)12(9-18)8-11(2)3/h11-12H,4-10,18H2,1-3H3. The maximum absolute atomic E-state index is 12.6. The highest BCUT2D eigenvalue weighted by atomic mass is 19.4. The number of carbonyl (C=O) groups is 1. The maximum atomic E-state index is 12.6. The van der Waals surface area contributed by atoms with Gasteiger partial charge in [-0.1, -0.05) is 13.8 Å². The molecule has 0 spiro atoms. The van der Waals surface area contributed by atoms with Gasteiger partial charge in [0.05, 0.1) is 5.92 Å². The second kappa shape index (κ2) is 10.00. The van der Waals surface area contributed by atoms with Crippen molar-refractivity contribution in [2.75, 3.05) is 32.8 Å². The summed E-state index contributed by atoms with van der Waals surface area (Å²) in [4.78, 5) is 13.1. The molecule has 0 heterocycles. The van der Waals surface area contributed by atoms with Gasteiger partial charge in [-0.3, -0.25) is 4.79 Å². The average molecular weight is 312 g/mol. The van der Waals surface area contributed by atoms with Crippen molar-refractivity contribution in [1.82, 2.24) is 4.90 Å². The molecule has 0 aliphatic carbocycles. The Kier molecular flexibility index (Phi) is 9.61. The van der Waals surface area contributed by atoms with Crippen LogP contribution in [0.4, 0.5) is 13.2 Å². The van der Waals surface area contributed by atoms with Gasteiger partial charge in [0.1, 0.15) is 6.54 Å². The number of ether oxygens (including phenoxy) is 1. The van der Waals surface area contributed by atoms with E-state index in [1.165, 1.54) is 0 Å². The SMILES string of the molecule is CCOCCCN(CC(F)(F)F)C(=O)C(CN)CC(C)C. The molecule has 0 saturated carbocycles. The second-order valence-electron chi connectivity index (χ2n) is 5.49. The van der Waals surface area contributed by atoms with Crippen molar-refractivity contribution >= 4 is 5.91 Å². The van der Waals surface area contributed by atoms with Crippen molar-refractivity contribution in [3.05, 3.63) is 0 Å². The van der Waals surface area contributed by atoms with Crippen molar-refractivity contribution in [2.24, 2.45) is 17.6 Å². The van der Waals surface area contributed by atoms with E-state index in [4.69, 9.17) is 10.5 Å². The molecule has 0 aromatic rings. The lowest BCUT2D eigenvalue weighted by atomic mass is 9.95. The Morgan fingerprint density at radius 1 is 1.33 bits per heavy atom. The number of rotatable bonds is 10. The van der Waals surface area contributed by atoms with Crippen molar-refractivity contribution in [3.8, 4) is 0 Å². The number of amides is 1. The molecular formula is C14H27F3N2O2. The number of hydrogen-bond acceptors (Lipinski definition) is 3. The fourth-order valence-electron chi connectivity index (χ4n) is 2.11. The van der Waals surface area contributed by atoms with Crippen molar-refractivity contribution in [2.45, 2.75) is 39.8 Å². The highest BCUT2D eigenvalue weighted by Gasteiger charge is 2.34. The van der Waals surface area contributed by atoms with E-state index in [2.05, 4.69) is 0 Å². The molecule has 0 radical (unpaired) electrons. The quantitative estimate of drug-likeness (QED) is 0.630. The average Bonchev–Trinajstić information content (AvgIpc) is 2.37. The molecular weight excluding hydrogens is 285 g/mol. The number of hydrogen-bond donors (Lipinski definition) is 1. The molecule has 1 atom stereocenters. The van der Waals surface area contributed by atoms with Gasteiger partial charge in [0, 0.05) is 26.3 Å². The van der Waals surface area contributed by atoms with Gasteiger partial charge in [-0.15, -0.1) is 0 Å². The summed E-state index contributed by atoms with van der Waals surface area (Å²) in [6.45, 7) is 5.36. The zero-order valence-electron chi connectivity index (χ0n) is 13.1. The monoisotopic (exact) mass is 312 g/mol. The normalized spacial score (nSPS) is 13.5. The lowest BCUT2D eigenvalue weighted by Crippen LogP contribution is -2.45. The zero-order valence-corrected chi connectivity index (χ0v) is 13.1. The van der Waals surface area contributed by atoms with Gasteiger partial charge < -0.3 is 15.4 Å². The fourth-order valence-corrected chi connectivity index (χ4v) is 2.11. The van der Waals surface area contributed by atoms with Gasteiger partial charge in [-0.05, 0) is 25.7 Å². The highest BCUT2D eigenvalue weighted by molar-refractivity contribution is 5.79. The minimum Gasteiger partial charge on any atom is -0.382 e. The molecule has 126 valence electrons. The Bertz CT molecular complexity index is 296. The van der Waals surface area contributed by atoms with Crippen LogP contribution in [0, 0.1) is 11.8 Å². The van der Waals surface area contributed by atoms with E-state index in [9.17, 15) is 18.0 Å². The third kappa shape index (κ3) is 9.68.